The monoisotopic (exact) mass is 308 g/mol. The minimum Gasteiger partial charge on any atom is -0.336 e. The fourth-order valence-electron chi connectivity index (χ4n) is 1.79. The van der Waals surface area contributed by atoms with E-state index in [0.717, 1.165) is 5.56 Å². The van der Waals surface area contributed by atoms with Crippen molar-refractivity contribution in [3.63, 3.8) is 0 Å². The molecule has 0 aliphatic heterocycles. The van der Waals surface area contributed by atoms with Crippen LogP contribution >= 0.6 is 23.2 Å². The van der Waals surface area contributed by atoms with Gasteiger partial charge in [-0.3, -0.25) is 4.79 Å². The quantitative estimate of drug-likeness (QED) is 0.804. The molecule has 0 unspecified atom stereocenters. The number of rotatable bonds is 3. The molecule has 1 aromatic heterocycles. The second-order valence-electron chi connectivity index (χ2n) is 4.61. The lowest BCUT2D eigenvalue weighted by Gasteiger charge is -2.17. The summed E-state index contributed by atoms with van der Waals surface area (Å²) in [5.74, 6) is -0.252. The maximum absolute atomic E-state index is 12.3. The third-order valence-corrected chi connectivity index (χ3v) is 3.42. The first-order chi connectivity index (χ1) is 9.47. The lowest BCUT2D eigenvalue weighted by atomic mass is 10.1. The van der Waals surface area contributed by atoms with E-state index in [-0.39, 0.29) is 16.8 Å². The molecule has 0 saturated heterocycles. The predicted octanol–water partition coefficient (Wildman–Crippen LogP) is 3.97. The molecule has 104 valence electrons. The van der Waals surface area contributed by atoms with E-state index in [1.54, 1.807) is 24.1 Å². The minimum absolute atomic E-state index is 0.175. The van der Waals surface area contributed by atoms with E-state index in [0.29, 0.717) is 11.6 Å². The summed E-state index contributed by atoms with van der Waals surface area (Å²) in [6.07, 6.45) is 0. The van der Waals surface area contributed by atoms with E-state index in [4.69, 9.17) is 23.2 Å². The predicted molar refractivity (Wildman–Crippen MR) is 81.2 cm³/mol. The first-order valence-corrected chi connectivity index (χ1v) is 6.86. The van der Waals surface area contributed by atoms with Gasteiger partial charge in [0, 0.05) is 13.6 Å². The molecule has 0 saturated carbocycles. The van der Waals surface area contributed by atoms with Gasteiger partial charge in [-0.05, 0) is 24.6 Å². The van der Waals surface area contributed by atoms with Crippen molar-refractivity contribution in [2.24, 2.45) is 0 Å². The Kier molecular flexibility index (Phi) is 4.63. The molecule has 2 rings (SSSR count). The van der Waals surface area contributed by atoms with Crippen molar-refractivity contribution in [2.75, 3.05) is 7.05 Å². The van der Waals surface area contributed by atoms with Crippen LogP contribution in [0.4, 0.5) is 0 Å². The van der Waals surface area contributed by atoms with Gasteiger partial charge in [-0.25, -0.2) is 4.98 Å². The molecular formula is C15H14Cl2N2O. The van der Waals surface area contributed by atoms with Crippen LogP contribution in [0, 0.1) is 6.92 Å². The van der Waals surface area contributed by atoms with Crippen molar-refractivity contribution in [1.29, 1.82) is 0 Å². The molecule has 0 spiro atoms. The van der Waals surface area contributed by atoms with Gasteiger partial charge in [0.25, 0.3) is 5.91 Å². The number of pyridine rings is 1. The number of aryl methyl sites for hydroxylation is 1. The fraction of sp³-hybridized carbons (Fsp3) is 0.200. The van der Waals surface area contributed by atoms with E-state index in [1.807, 2.05) is 31.2 Å². The molecule has 0 aliphatic carbocycles. The average molecular weight is 309 g/mol. The maximum Gasteiger partial charge on any atom is 0.274 e. The van der Waals surface area contributed by atoms with Crippen molar-refractivity contribution >= 4 is 29.1 Å². The van der Waals surface area contributed by atoms with E-state index in [9.17, 15) is 4.79 Å². The van der Waals surface area contributed by atoms with E-state index < -0.39 is 0 Å². The Morgan fingerprint density at radius 2 is 1.80 bits per heavy atom. The summed E-state index contributed by atoms with van der Waals surface area (Å²) in [4.78, 5) is 17.9. The summed E-state index contributed by atoms with van der Waals surface area (Å²) in [6.45, 7) is 2.51. The highest BCUT2D eigenvalue weighted by atomic mass is 35.5. The van der Waals surface area contributed by atoms with Crippen LogP contribution in [0.3, 0.4) is 0 Å². The van der Waals surface area contributed by atoms with Crippen LogP contribution in [0.2, 0.25) is 10.2 Å². The third kappa shape index (κ3) is 3.50. The van der Waals surface area contributed by atoms with Gasteiger partial charge in [-0.15, -0.1) is 0 Å². The van der Waals surface area contributed by atoms with Crippen molar-refractivity contribution in [3.05, 3.63) is 63.4 Å². The normalized spacial score (nSPS) is 10.4. The molecule has 5 heteroatoms. The Morgan fingerprint density at radius 1 is 1.15 bits per heavy atom. The largest absolute Gasteiger partial charge is 0.336 e. The molecule has 0 N–H and O–H groups in total. The van der Waals surface area contributed by atoms with Crippen LogP contribution in [0.15, 0.2) is 36.4 Å². The summed E-state index contributed by atoms with van der Waals surface area (Å²) >= 11 is 11.8. The highest BCUT2D eigenvalue weighted by Crippen LogP contribution is 2.19. The first kappa shape index (κ1) is 14.8. The van der Waals surface area contributed by atoms with Crippen LogP contribution in [-0.2, 0) is 6.54 Å². The number of halogens is 2. The summed E-state index contributed by atoms with van der Waals surface area (Å²) < 4.78 is 0. The van der Waals surface area contributed by atoms with Crippen LogP contribution in [0.25, 0.3) is 0 Å². The molecule has 0 bridgehead atoms. The van der Waals surface area contributed by atoms with Gasteiger partial charge in [0.2, 0.25) is 0 Å². The molecule has 1 aromatic carbocycles. The Morgan fingerprint density at radius 3 is 2.45 bits per heavy atom. The number of aromatic nitrogens is 1. The summed E-state index contributed by atoms with van der Waals surface area (Å²) in [6, 6.07) is 11.1. The average Bonchev–Trinajstić information content (AvgIpc) is 2.43. The Hall–Kier alpha value is -1.58. The third-order valence-electron chi connectivity index (χ3n) is 2.90. The van der Waals surface area contributed by atoms with Crippen molar-refractivity contribution in [3.8, 4) is 0 Å². The highest BCUT2D eigenvalue weighted by Gasteiger charge is 2.17. The second-order valence-corrected chi connectivity index (χ2v) is 5.41. The van der Waals surface area contributed by atoms with Gasteiger partial charge in [0.15, 0.2) is 0 Å². The van der Waals surface area contributed by atoms with Gasteiger partial charge >= 0.3 is 0 Å². The molecule has 0 aliphatic rings. The fourth-order valence-corrected chi connectivity index (χ4v) is 2.12. The van der Waals surface area contributed by atoms with Gasteiger partial charge < -0.3 is 4.90 Å². The number of benzene rings is 1. The molecule has 3 nitrogen and oxygen atoms in total. The Labute approximate surface area is 128 Å². The molecule has 1 amide bonds. The van der Waals surface area contributed by atoms with E-state index >= 15 is 0 Å². The van der Waals surface area contributed by atoms with E-state index in [1.165, 1.54) is 5.56 Å². The smallest absolute Gasteiger partial charge is 0.274 e. The number of hydrogen-bond acceptors (Lipinski definition) is 2. The lowest BCUT2D eigenvalue weighted by molar-refractivity contribution is 0.0779. The minimum atomic E-state index is -0.252. The molecule has 0 fully saturated rings. The topological polar surface area (TPSA) is 33.2 Å². The second kappa shape index (κ2) is 6.25. The number of carbonyl (C=O) groups excluding carboxylic acids is 1. The zero-order valence-electron chi connectivity index (χ0n) is 11.2. The van der Waals surface area contributed by atoms with Crippen molar-refractivity contribution in [2.45, 2.75) is 13.5 Å². The molecule has 2 aromatic rings. The Bertz CT molecular complexity index is 626. The van der Waals surface area contributed by atoms with Gasteiger partial charge in [-0.2, -0.15) is 0 Å². The van der Waals surface area contributed by atoms with Crippen LogP contribution < -0.4 is 0 Å². The van der Waals surface area contributed by atoms with Gasteiger partial charge in [0.1, 0.15) is 10.8 Å². The molecule has 20 heavy (non-hydrogen) atoms. The summed E-state index contributed by atoms with van der Waals surface area (Å²) in [5, 5.41) is 0.552. The van der Waals surface area contributed by atoms with Crippen molar-refractivity contribution < 1.29 is 4.79 Å². The highest BCUT2D eigenvalue weighted by molar-refractivity contribution is 6.34. The molecular weight excluding hydrogens is 295 g/mol. The van der Waals surface area contributed by atoms with Gasteiger partial charge in [0.05, 0.1) is 5.02 Å². The standard InChI is InChI=1S/C15H14Cl2N2O/c1-10-3-5-11(6-4-10)9-19(2)15(20)14-12(16)7-8-13(17)18-14/h3-8H,9H2,1-2H3. The first-order valence-electron chi connectivity index (χ1n) is 6.10. The maximum atomic E-state index is 12.3. The van der Waals surface area contributed by atoms with Crippen LogP contribution in [0.5, 0.6) is 0 Å². The SMILES string of the molecule is Cc1ccc(CN(C)C(=O)c2nc(Cl)ccc2Cl)cc1. The van der Waals surface area contributed by atoms with Crippen molar-refractivity contribution in [1.82, 2.24) is 9.88 Å². The molecule has 0 radical (unpaired) electrons. The summed E-state index contributed by atoms with van der Waals surface area (Å²) in [5.41, 5.74) is 2.40. The number of nitrogens with zero attached hydrogens (tertiary/aromatic N) is 2. The van der Waals surface area contributed by atoms with Gasteiger partial charge in [-0.1, -0.05) is 53.0 Å². The summed E-state index contributed by atoms with van der Waals surface area (Å²) in [7, 11) is 1.71. The zero-order valence-corrected chi connectivity index (χ0v) is 12.7. The number of amides is 1. The Balaban J connectivity index is 2.16. The molecule has 0 atom stereocenters. The van der Waals surface area contributed by atoms with Crippen LogP contribution in [-0.4, -0.2) is 22.8 Å². The lowest BCUT2D eigenvalue weighted by Crippen LogP contribution is -2.27. The number of carbonyl (C=O) groups is 1. The van der Waals surface area contributed by atoms with Crippen LogP contribution in [0.1, 0.15) is 21.6 Å². The number of hydrogen-bond donors (Lipinski definition) is 0. The zero-order chi connectivity index (χ0) is 14.7. The molecule has 1 heterocycles. The van der Waals surface area contributed by atoms with E-state index in [2.05, 4.69) is 4.98 Å².